The first-order chi connectivity index (χ1) is 8.15. The van der Waals surface area contributed by atoms with Gasteiger partial charge in [-0.05, 0) is 18.6 Å². The smallest absolute Gasteiger partial charge is 0.319 e. The van der Waals surface area contributed by atoms with Gasteiger partial charge >= 0.3 is 6.03 Å². The fourth-order valence-electron chi connectivity index (χ4n) is 1.19. The summed E-state index contributed by atoms with van der Waals surface area (Å²) in [6, 6.07) is 4.70. The van der Waals surface area contributed by atoms with Crippen molar-refractivity contribution >= 4 is 34.9 Å². The van der Waals surface area contributed by atoms with Crippen molar-refractivity contribution in [2.75, 3.05) is 25.6 Å². The van der Waals surface area contributed by atoms with Crippen LogP contribution in [0, 0.1) is 0 Å². The second-order valence-corrected chi connectivity index (χ2v) is 4.14. The first-order valence-corrected chi connectivity index (χ1v) is 5.88. The van der Waals surface area contributed by atoms with E-state index in [1.807, 2.05) is 0 Å². The van der Waals surface area contributed by atoms with E-state index in [1.165, 1.54) is 0 Å². The number of carbonyl (C=O) groups excluding carboxylic acids is 1. The standard InChI is InChI=1S/C11H14Cl2N2O2/c1-17-7-3-6-14-11(16)15-10-8(12)4-2-5-9(10)13/h2,4-5H,3,6-7H2,1H3,(H2,14,15,16). The monoisotopic (exact) mass is 276 g/mol. The number of nitrogens with one attached hydrogen (secondary N) is 2. The van der Waals surface area contributed by atoms with Gasteiger partial charge in [-0.15, -0.1) is 0 Å². The number of amides is 2. The molecule has 1 rings (SSSR count). The molecule has 6 heteroatoms. The lowest BCUT2D eigenvalue weighted by Crippen LogP contribution is -2.30. The molecule has 0 aromatic heterocycles. The number of para-hydroxylation sites is 1. The van der Waals surface area contributed by atoms with Crippen LogP contribution in [0.1, 0.15) is 6.42 Å². The van der Waals surface area contributed by atoms with Crippen molar-refractivity contribution in [3.05, 3.63) is 28.2 Å². The summed E-state index contributed by atoms with van der Waals surface area (Å²) in [6.07, 6.45) is 0.750. The summed E-state index contributed by atoms with van der Waals surface area (Å²) in [5, 5.41) is 6.09. The topological polar surface area (TPSA) is 50.4 Å². The van der Waals surface area contributed by atoms with E-state index < -0.39 is 0 Å². The van der Waals surface area contributed by atoms with E-state index in [-0.39, 0.29) is 6.03 Å². The van der Waals surface area contributed by atoms with E-state index in [9.17, 15) is 4.79 Å². The Kier molecular flexibility index (Phi) is 6.11. The predicted molar refractivity (Wildman–Crippen MR) is 70.0 cm³/mol. The minimum absolute atomic E-state index is 0.337. The molecule has 1 aromatic carbocycles. The zero-order valence-electron chi connectivity index (χ0n) is 9.43. The number of benzene rings is 1. The molecule has 0 aliphatic rings. The lowest BCUT2D eigenvalue weighted by Gasteiger charge is -2.10. The van der Waals surface area contributed by atoms with Gasteiger partial charge in [0, 0.05) is 20.3 Å². The minimum Gasteiger partial charge on any atom is -0.385 e. The van der Waals surface area contributed by atoms with Crippen LogP contribution in [-0.4, -0.2) is 26.3 Å². The quantitative estimate of drug-likeness (QED) is 0.812. The van der Waals surface area contributed by atoms with Gasteiger partial charge in [-0.25, -0.2) is 4.79 Å². The Hall–Kier alpha value is -0.970. The van der Waals surface area contributed by atoms with E-state index in [2.05, 4.69) is 10.6 Å². The van der Waals surface area contributed by atoms with Gasteiger partial charge in [0.05, 0.1) is 15.7 Å². The summed E-state index contributed by atoms with van der Waals surface area (Å²) in [6.45, 7) is 1.13. The highest BCUT2D eigenvalue weighted by Crippen LogP contribution is 2.29. The zero-order valence-corrected chi connectivity index (χ0v) is 10.9. The molecule has 0 saturated heterocycles. The van der Waals surface area contributed by atoms with Crippen LogP contribution in [0.15, 0.2) is 18.2 Å². The maximum atomic E-state index is 11.5. The molecular formula is C11H14Cl2N2O2. The Labute approximate surface area is 110 Å². The van der Waals surface area contributed by atoms with Gasteiger partial charge < -0.3 is 15.4 Å². The van der Waals surface area contributed by atoms with Crippen LogP contribution in [0.3, 0.4) is 0 Å². The third-order valence-corrected chi connectivity index (χ3v) is 2.64. The van der Waals surface area contributed by atoms with E-state index in [0.29, 0.717) is 28.9 Å². The average molecular weight is 277 g/mol. The first-order valence-electron chi connectivity index (χ1n) is 5.13. The van der Waals surface area contributed by atoms with Crippen molar-refractivity contribution in [1.82, 2.24) is 5.32 Å². The summed E-state index contributed by atoms with van der Waals surface area (Å²) >= 11 is 11.8. The van der Waals surface area contributed by atoms with Gasteiger partial charge in [0.15, 0.2) is 0 Å². The Morgan fingerprint density at radius 3 is 2.59 bits per heavy atom. The van der Waals surface area contributed by atoms with Crippen molar-refractivity contribution in [3.8, 4) is 0 Å². The Balaban J connectivity index is 2.45. The van der Waals surface area contributed by atoms with Gasteiger partial charge in [-0.1, -0.05) is 29.3 Å². The van der Waals surface area contributed by atoms with Crippen molar-refractivity contribution in [1.29, 1.82) is 0 Å². The molecule has 0 heterocycles. The van der Waals surface area contributed by atoms with E-state index >= 15 is 0 Å². The Bertz CT molecular complexity index is 365. The van der Waals surface area contributed by atoms with Crippen molar-refractivity contribution in [3.63, 3.8) is 0 Å². The highest BCUT2D eigenvalue weighted by atomic mass is 35.5. The fraction of sp³-hybridized carbons (Fsp3) is 0.364. The van der Waals surface area contributed by atoms with Crippen LogP contribution in [0.25, 0.3) is 0 Å². The number of anilines is 1. The number of hydrogen-bond acceptors (Lipinski definition) is 2. The molecule has 0 fully saturated rings. The molecule has 94 valence electrons. The molecule has 4 nitrogen and oxygen atoms in total. The molecule has 0 atom stereocenters. The van der Waals surface area contributed by atoms with E-state index in [1.54, 1.807) is 25.3 Å². The predicted octanol–water partition coefficient (Wildman–Crippen LogP) is 3.15. The fourth-order valence-corrected chi connectivity index (χ4v) is 1.69. The van der Waals surface area contributed by atoms with Gasteiger partial charge in [-0.2, -0.15) is 0 Å². The molecule has 0 spiro atoms. The van der Waals surface area contributed by atoms with Crippen LogP contribution >= 0.6 is 23.2 Å². The molecule has 0 bridgehead atoms. The molecule has 1 aromatic rings. The summed E-state index contributed by atoms with van der Waals surface area (Å²) < 4.78 is 4.87. The Morgan fingerprint density at radius 1 is 1.35 bits per heavy atom. The summed E-state index contributed by atoms with van der Waals surface area (Å²) in [5.41, 5.74) is 0.417. The van der Waals surface area contributed by atoms with Crippen molar-refractivity contribution in [2.24, 2.45) is 0 Å². The van der Waals surface area contributed by atoms with E-state index in [0.717, 1.165) is 6.42 Å². The first kappa shape index (κ1) is 14.1. The number of rotatable bonds is 5. The normalized spacial score (nSPS) is 10.1. The van der Waals surface area contributed by atoms with Gasteiger partial charge in [0.2, 0.25) is 0 Å². The minimum atomic E-state index is -0.337. The second kappa shape index (κ2) is 7.37. The Morgan fingerprint density at radius 2 is 2.00 bits per heavy atom. The third-order valence-electron chi connectivity index (χ3n) is 2.01. The molecule has 0 saturated carbocycles. The zero-order chi connectivity index (χ0) is 12.7. The highest BCUT2D eigenvalue weighted by molar-refractivity contribution is 6.39. The number of hydrogen-bond donors (Lipinski definition) is 2. The van der Waals surface area contributed by atoms with Gasteiger partial charge in [-0.3, -0.25) is 0 Å². The molecule has 0 aliphatic carbocycles. The lowest BCUT2D eigenvalue weighted by atomic mass is 10.3. The molecule has 2 N–H and O–H groups in total. The third kappa shape index (κ3) is 4.81. The van der Waals surface area contributed by atoms with E-state index in [4.69, 9.17) is 27.9 Å². The molecule has 0 unspecified atom stereocenters. The SMILES string of the molecule is COCCCNC(=O)Nc1c(Cl)cccc1Cl. The molecule has 0 aliphatic heterocycles. The van der Waals surface area contributed by atoms with Crippen LogP contribution in [-0.2, 0) is 4.74 Å². The number of ether oxygens (including phenoxy) is 1. The van der Waals surface area contributed by atoms with Crippen LogP contribution in [0.4, 0.5) is 10.5 Å². The number of methoxy groups -OCH3 is 1. The summed E-state index contributed by atoms with van der Waals surface area (Å²) in [4.78, 5) is 11.5. The van der Waals surface area contributed by atoms with Crippen molar-refractivity contribution in [2.45, 2.75) is 6.42 Å². The van der Waals surface area contributed by atoms with Crippen LogP contribution in [0.5, 0.6) is 0 Å². The summed E-state index contributed by atoms with van der Waals surface area (Å²) in [5.74, 6) is 0. The lowest BCUT2D eigenvalue weighted by molar-refractivity contribution is 0.194. The maximum absolute atomic E-state index is 11.5. The second-order valence-electron chi connectivity index (χ2n) is 3.32. The largest absolute Gasteiger partial charge is 0.385 e. The molecule has 2 amide bonds. The van der Waals surface area contributed by atoms with Crippen LogP contribution in [0.2, 0.25) is 10.0 Å². The molecule has 17 heavy (non-hydrogen) atoms. The molecular weight excluding hydrogens is 263 g/mol. The molecule has 0 radical (unpaired) electrons. The van der Waals surface area contributed by atoms with Gasteiger partial charge in [0.25, 0.3) is 0 Å². The van der Waals surface area contributed by atoms with Crippen molar-refractivity contribution < 1.29 is 9.53 Å². The number of halogens is 2. The number of urea groups is 1. The average Bonchev–Trinajstić information content (AvgIpc) is 2.30. The summed E-state index contributed by atoms with van der Waals surface area (Å²) in [7, 11) is 1.61. The number of carbonyl (C=O) groups is 1. The van der Waals surface area contributed by atoms with Gasteiger partial charge in [0.1, 0.15) is 0 Å². The highest BCUT2D eigenvalue weighted by Gasteiger charge is 2.08. The maximum Gasteiger partial charge on any atom is 0.319 e. The van der Waals surface area contributed by atoms with Crippen LogP contribution < -0.4 is 10.6 Å².